The summed E-state index contributed by atoms with van der Waals surface area (Å²) in [6, 6.07) is 3.85. The monoisotopic (exact) mass is 430 g/mol. The molecule has 0 heterocycles. The Bertz CT molecular complexity index is 841. The van der Waals surface area contributed by atoms with Crippen LogP contribution >= 0.6 is 11.6 Å². The van der Waals surface area contributed by atoms with Crippen LogP contribution in [-0.4, -0.2) is 51.3 Å². The van der Waals surface area contributed by atoms with E-state index in [-0.39, 0.29) is 27.4 Å². The summed E-state index contributed by atoms with van der Waals surface area (Å²) in [5.41, 5.74) is -0.1000. The fraction of sp³-hybridized carbons (Fsp3) is 0.579. The molecule has 1 aromatic rings. The molecule has 0 radical (unpaired) electrons. The zero-order chi connectivity index (χ0) is 21.1. The van der Waals surface area contributed by atoms with Crippen molar-refractivity contribution in [2.24, 2.45) is 11.8 Å². The molecule has 0 aromatic heterocycles. The summed E-state index contributed by atoms with van der Waals surface area (Å²) in [6.45, 7) is 3.83. The molecule has 1 aromatic carbocycles. The average Bonchev–Trinajstić information content (AvgIpc) is 2.63. The number of nitrogens with one attached hydrogen (secondary N) is 1. The molecule has 0 spiro atoms. The highest BCUT2D eigenvalue weighted by atomic mass is 35.5. The van der Waals surface area contributed by atoms with E-state index in [0.717, 1.165) is 29.6 Å². The van der Waals surface area contributed by atoms with Crippen LogP contribution in [0.5, 0.6) is 0 Å². The molecule has 3 atom stereocenters. The number of amides is 1. The number of ether oxygens (including phenoxy) is 1. The topological polar surface area (TPSA) is 92.8 Å². The average molecular weight is 431 g/mol. The molecule has 9 heteroatoms. The SMILES string of the molecule is C[C@H]1[C@@H](C)CCC[C@H]1NC(=O)COC(=O)c1cc(S(=O)(=O)N(C)C)ccc1Cl. The van der Waals surface area contributed by atoms with Crippen molar-refractivity contribution in [2.75, 3.05) is 20.7 Å². The quantitative estimate of drug-likeness (QED) is 0.700. The lowest BCUT2D eigenvalue weighted by atomic mass is 9.78. The number of esters is 1. The van der Waals surface area contributed by atoms with E-state index in [1.807, 2.05) is 0 Å². The van der Waals surface area contributed by atoms with Crippen molar-refractivity contribution in [3.63, 3.8) is 0 Å². The lowest BCUT2D eigenvalue weighted by Gasteiger charge is -2.34. The van der Waals surface area contributed by atoms with Crippen molar-refractivity contribution in [3.05, 3.63) is 28.8 Å². The van der Waals surface area contributed by atoms with Crippen LogP contribution in [0.1, 0.15) is 43.5 Å². The second kappa shape index (κ2) is 9.24. The minimum Gasteiger partial charge on any atom is -0.452 e. The molecule has 156 valence electrons. The number of carbonyl (C=O) groups is 2. The van der Waals surface area contributed by atoms with Crippen LogP contribution in [0.3, 0.4) is 0 Å². The van der Waals surface area contributed by atoms with Gasteiger partial charge in [0.15, 0.2) is 6.61 Å². The molecular weight excluding hydrogens is 404 g/mol. The first kappa shape index (κ1) is 22.6. The van der Waals surface area contributed by atoms with Gasteiger partial charge in [0.25, 0.3) is 5.91 Å². The van der Waals surface area contributed by atoms with E-state index in [0.29, 0.717) is 11.8 Å². The third kappa shape index (κ3) is 5.24. The molecule has 1 fully saturated rings. The number of rotatable bonds is 6. The van der Waals surface area contributed by atoms with Gasteiger partial charge in [0.2, 0.25) is 10.0 Å². The lowest BCUT2D eigenvalue weighted by molar-refractivity contribution is -0.125. The van der Waals surface area contributed by atoms with Crippen molar-refractivity contribution in [2.45, 2.75) is 44.0 Å². The van der Waals surface area contributed by atoms with Gasteiger partial charge in [0, 0.05) is 20.1 Å². The fourth-order valence-corrected chi connectivity index (χ4v) is 4.40. The number of hydrogen-bond acceptors (Lipinski definition) is 5. The minimum atomic E-state index is -3.72. The number of hydrogen-bond donors (Lipinski definition) is 1. The van der Waals surface area contributed by atoms with Gasteiger partial charge in [-0.3, -0.25) is 4.79 Å². The van der Waals surface area contributed by atoms with Crippen LogP contribution in [0.25, 0.3) is 0 Å². The van der Waals surface area contributed by atoms with Gasteiger partial charge in [-0.2, -0.15) is 0 Å². The highest BCUT2D eigenvalue weighted by Crippen LogP contribution is 2.29. The predicted molar refractivity (Wildman–Crippen MR) is 107 cm³/mol. The summed E-state index contributed by atoms with van der Waals surface area (Å²) >= 11 is 6.02. The van der Waals surface area contributed by atoms with Crippen molar-refractivity contribution in [3.8, 4) is 0 Å². The third-order valence-electron chi connectivity index (χ3n) is 5.32. The Labute approximate surface area is 171 Å². The molecule has 0 bridgehead atoms. The molecule has 0 aliphatic heterocycles. The lowest BCUT2D eigenvalue weighted by Crippen LogP contribution is -2.45. The van der Waals surface area contributed by atoms with Gasteiger partial charge in [0.1, 0.15) is 0 Å². The second-order valence-electron chi connectivity index (χ2n) is 7.45. The van der Waals surface area contributed by atoms with Crippen LogP contribution in [0, 0.1) is 11.8 Å². The highest BCUT2D eigenvalue weighted by molar-refractivity contribution is 7.89. The Morgan fingerprint density at radius 2 is 1.93 bits per heavy atom. The van der Waals surface area contributed by atoms with Crippen molar-refractivity contribution in [1.29, 1.82) is 0 Å². The van der Waals surface area contributed by atoms with Gasteiger partial charge in [-0.25, -0.2) is 17.5 Å². The second-order valence-corrected chi connectivity index (χ2v) is 10.0. The maximum Gasteiger partial charge on any atom is 0.340 e. The van der Waals surface area contributed by atoms with Crippen molar-refractivity contribution in [1.82, 2.24) is 9.62 Å². The molecule has 28 heavy (non-hydrogen) atoms. The molecule has 7 nitrogen and oxygen atoms in total. The first-order valence-electron chi connectivity index (χ1n) is 9.22. The summed E-state index contributed by atoms with van der Waals surface area (Å²) in [4.78, 5) is 24.4. The van der Waals surface area contributed by atoms with E-state index in [1.165, 1.54) is 26.2 Å². The Morgan fingerprint density at radius 3 is 2.57 bits per heavy atom. The molecule has 0 unspecified atom stereocenters. The summed E-state index contributed by atoms with van der Waals surface area (Å²) < 4.78 is 30.6. The van der Waals surface area contributed by atoms with E-state index in [2.05, 4.69) is 19.2 Å². The molecule has 2 rings (SSSR count). The maximum atomic E-state index is 12.3. The maximum absolute atomic E-state index is 12.3. The van der Waals surface area contributed by atoms with E-state index in [4.69, 9.17) is 16.3 Å². The summed E-state index contributed by atoms with van der Waals surface area (Å²) in [7, 11) is -0.947. The summed E-state index contributed by atoms with van der Waals surface area (Å²) in [5.74, 6) is -0.342. The van der Waals surface area contributed by atoms with Crippen molar-refractivity contribution >= 4 is 33.5 Å². The number of carbonyl (C=O) groups excluding carboxylic acids is 2. The van der Waals surface area contributed by atoms with Gasteiger partial charge in [0.05, 0.1) is 15.5 Å². The summed E-state index contributed by atoms with van der Waals surface area (Å²) in [5, 5.41) is 2.97. The van der Waals surface area contributed by atoms with Gasteiger partial charge < -0.3 is 10.1 Å². The van der Waals surface area contributed by atoms with E-state index in [9.17, 15) is 18.0 Å². The summed E-state index contributed by atoms with van der Waals surface area (Å²) in [6.07, 6.45) is 3.10. The Hall–Kier alpha value is -1.64. The zero-order valence-electron chi connectivity index (χ0n) is 16.6. The van der Waals surface area contributed by atoms with Crippen LogP contribution < -0.4 is 5.32 Å². The predicted octanol–water partition coefficient (Wildman–Crippen LogP) is 2.69. The molecule has 1 saturated carbocycles. The van der Waals surface area contributed by atoms with Crippen LogP contribution in [0.2, 0.25) is 5.02 Å². The highest BCUT2D eigenvalue weighted by Gasteiger charge is 2.28. The van der Waals surface area contributed by atoms with Crippen LogP contribution in [0.4, 0.5) is 0 Å². The molecule has 1 amide bonds. The van der Waals surface area contributed by atoms with Gasteiger partial charge in [-0.15, -0.1) is 0 Å². The molecule has 0 saturated heterocycles. The number of benzene rings is 1. The van der Waals surface area contributed by atoms with Gasteiger partial charge in [-0.1, -0.05) is 38.3 Å². The molecule has 1 aliphatic rings. The van der Waals surface area contributed by atoms with E-state index in [1.54, 1.807) is 0 Å². The molecule has 1 aliphatic carbocycles. The first-order valence-corrected chi connectivity index (χ1v) is 11.0. The normalized spacial score (nSPS) is 22.7. The van der Waals surface area contributed by atoms with Crippen LogP contribution in [-0.2, 0) is 19.6 Å². The Kier molecular flexibility index (Phi) is 7.47. The van der Waals surface area contributed by atoms with Crippen LogP contribution in [0.15, 0.2) is 23.1 Å². The number of halogens is 1. The Balaban J connectivity index is 2.02. The molecule has 1 N–H and O–H groups in total. The standard InChI is InChI=1S/C19H27ClN2O5S/c1-12-6-5-7-17(13(12)2)21-18(23)11-27-19(24)15-10-14(8-9-16(15)20)28(25,26)22(3)4/h8-10,12-13,17H,5-7,11H2,1-4H3,(H,21,23)/t12-,13-,17+/m0/s1. The molecular formula is C19H27ClN2O5S. The van der Waals surface area contributed by atoms with Crippen molar-refractivity contribution < 1.29 is 22.7 Å². The minimum absolute atomic E-state index is 0.0536. The van der Waals surface area contributed by atoms with Gasteiger partial charge in [-0.05, 0) is 36.5 Å². The van der Waals surface area contributed by atoms with E-state index >= 15 is 0 Å². The van der Waals surface area contributed by atoms with E-state index < -0.39 is 22.6 Å². The number of nitrogens with zero attached hydrogens (tertiary/aromatic N) is 1. The first-order chi connectivity index (χ1) is 13.0. The fourth-order valence-electron chi connectivity index (χ4n) is 3.28. The van der Waals surface area contributed by atoms with Gasteiger partial charge >= 0.3 is 5.97 Å². The number of sulfonamides is 1. The zero-order valence-corrected chi connectivity index (χ0v) is 18.1. The smallest absolute Gasteiger partial charge is 0.340 e. The Morgan fingerprint density at radius 1 is 1.25 bits per heavy atom. The third-order valence-corrected chi connectivity index (χ3v) is 7.46. The largest absolute Gasteiger partial charge is 0.452 e.